The molecule has 0 aromatic heterocycles. The summed E-state index contributed by atoms with van der Waals surface area (Å²) in [7, 11) is 3.85. The van der Waals surface area contributed by atoms with Crippen molar-refractivity contribution in [3.63, 3.8) is 0 Å². The molecule has 2 rings (SSSR count). The van der Waals surface area contributed by atoms with Crippen molar-refractivity contribution in [2.24, 2.45) is 11.7 Å². The Morgan fingerprint density at radius 1 is 1.28 bits per heavy atom. The molecule has 0 saturated heterocycles. The first-order valence-corrected chi connectivity index (χ1v) is 6.80. The summed E-state index contributed by atoms with van der Waals surface area (Å²) in [6, 6.07) is 8.66. The van der Waals surface area contributed by atoms with Gasteiger partial charge < -0.3 is 15.4 Å². The minimum atomic E-state index is 0.410. The van der Waals surface area contributed by atoms with Crippen molar-refractivity contribution in [1.82, 2.24) is 0 Å². The standard InChI is InChI=1S/C15H24N2O/c1-17(11-12-4-3-5-13(16)10-12)14-6-8-15(18-2)9-7-14/h6-9,12-13H,3-5,10-11,16H2,1-2H3. The van der Waals surface area contributed by atoms with E-state index in [1.807, 2.05) is 12.1 Å². The van der Waals surface area contributed by atoms with E-state index < -0.39 is 0 Å². The van der Waals surface area contributed by atoms with Crippen molar-refractivity contribution in [2.45, 2.75) is 31.7 Å². The second-order valence-electron chi connectivity index (χ2n) is 5.37. The molecule has 18 heavy (non-hydrogen) atoms. The predicted molar refractivity (Wildman–Crippen MR) is 76.2 cm³/mol. The number of anilines is 1. The SMILES string of the molecule is COc1ccc(N(C)CC2CCCC(N)C2)cc1. The predicted octanol–water partition coefficient (Wildman–Crippen LogP) is 2.65. The molecule has 0 heterocycles. The Morgan fingerprint density at radius 3 is 2.61 bits per heavy atom. The van der Waals surface area contributed by atoms with Crippen molar-refractivity contribution in [3.8, 4) is 5.75 Å². The third-order valence-corrected chi connectivity index (χ3v) is 3.87. The number of benzene rings is 1. The molecule has 1 saturated carbocycles. The number of nitrogens with two attached hydrogens (primary N) is 1. The average Bonchev–Trinajstić information content (AvgIpc) is 2.39. The second kappa shape index (κ2) is 6.10. The molecule has 3 nitrogen and oxygen atoms in total. The van der Waals surface area contributed by atoms with Gasteiger partial charge in [0.15, 0.2) is 0 Å². The zero-order valence-corrected chi connectivity index (χ0v) is 11.4. The van der Waals surface area contributed by atoms with Gasteiger partial charge in [-0.1, -0.05) is 6.42 Å². The van der Waals surface area contributed by atoms with E-state index in [0.717, 1.165) is 18.2 Å². The average molecular weight is 248 g/mol. The topological polar surface area (TPSA) is 38.5 Å². The van der Waals surface area contributed by atoms with E-state index in [4.69, 9.17) is 10.5 Å². The quantitative estimate of drug-likeness (QED) is 0.890. The Labute approximate surface area is 110 Å². The molecular formula is C15H24N2O. The largest absolute Gasteiger partial charge is 0.497 e. The minimum Gasteiger partial charge on any atom is -0.497 e. The number of rotatable bonds is 4. The molecule has 1 aromatic rings. The number of ether oxygens (including phenoxy) is 1. The van der Waals surface area contributed by atoms with Crippen molar-refractivity contribution in [3.05, 3.63) is 24.3 Å². The van der Waals surface area contributed by atoms with Crippen LogP contribution in [0.1, 0.15) is 25.7 Å². The fourth-order valence-electron chi connectivity index (χ4n) is 2.83. The Bertz CT molecular complexity index is 363. The van der Waals surface area contributed by atoms with Crippen molar-refractivity contribution < 1.29 is 4.74 Å². The summed E-state index contributed by atoms with van der Waals surface area (Å²) >= 11 is 0. The highest BCUT2D eigenvalue weighted by Crippen LogP contribution is 2.26. The van der Waals surface area contributed by atoms with E-state index in [2.05, 4.69) is 24.1 Å². The van der Waals surface area contributed by atoms with E-state index in [1.165, 1.54) is 31.4 Å². The van der Waals surface area contributed by atoms with Gasteiger partial charge in [0.25, 0.3) is 0 Å². The molecule has 2 N–H and O–H groups in total. The lowest BCUT2D eigenvalue weighted by molar-refractivity contribution is 0.326. The fourth-order valence-corrected chi connectivity index (χ4v) is 2.83. The zero-order valence-electron chi connectivity index (χ0n) is 11.4. The number of methoxy groups -OCH3 is 1. The molecule has 1 fully saturated rings. The van der Waals surface area contributed by atoms with E-state index in [-0.39, 0.29) is 0 Å². The van der Waals surface area contributed by atoms with E-state index in [9.17, 15) is 0 Å². The lowest BCUT2D eigenvalue weighted by Gasteiger charge is -2.31. The van der Waals surface area contributed by atoms with Gasteiger partial charge in [0.2, 0.25) is 0 Å². The molecule has 2 unspecified atom stereocenters. The highest BCUT2D eigenvalue weighted by atomic mass is 16.5. The van der Waals surface area contributed by atoms with Crippen LogP contribution in [0.4, 0.5) is 5.69 Å². The molecule has 0 spiro atoms. The Kier molecular flexibility index (Phi) is 4.48. The Balaban J connectivity index is 1.91. The van der Waals surface area contributed by atoms with E-state index >= 15 is 0 Å². The normalized spacial score (nSPS) is 23.7. The van der Waals surface area contributed by atoms with Crippen molar-refractivity contribution in [2.75, 3.05) is 25.6 Å². The van der Waals surface area contributed by atoms with Gasteiger partial charge in [-0.15, -0.1) is 0 Å². The smallest absolute Gasteiger partial charge is 0.119 e. The molecular weight excluding hydrogens is 224 g/mol. The van der Waals surface area contributed by atoms with Crippen LogP contribution < -0.4 is 15.4 Å². The van der Waals surface area contributed by atoms with Gasteiger partial charge in [-0.3, -0.25) is 0 Å². The van der Waals surface area contributed by atoms with Crippen LogP contribution in [0, 0.1) is 5.92 Å². The molecule has 2 atom stereocenters. The maximum Gasteiger partial charge on any atom is 0.119 e. The second-order valence-corrected chi connectivity index (χ2v) is 5.37. The molecule has 0 bridgehead atoms. The summed E-state index contributed by atoms with van der Waals surface area (Å²) in [5.74, 6) is 1.65. The molecule has 0 amide bonds. The van der Waals surface area contributed by atoms with Crippen LogP contribution in [0.3, 0.4) is 0 Å². The van der Waals surface area contributed by atoms with Crippen LogP contribution >= 0.6 is 0 Å². The van der Waals surface area contributed by atoms with Crippen LogP contribution in [0.25, 0.3) is 0 Å². The first-order chi connectivity index (χ1) is 8.69. The summed E-state index contributed by atoms with van der Waals surface area (Å²) in [5, 5.41) is 0. The number of nitrogens with zero attached hydrogens (tertiary/aromatic N) is 1. The monoisotopic (exact) mass is 248 g/mol. The van der Waals surface area contributed by atoms with Crippen LogP contribution in [-0.2, 0) is 0 Å². The van der Waals surface area contributed by atoms with Gasteiger partial charge in [0.05, 0.1) is 7.11 Å². The maximum absolute atomic E-state index is 6.04. The summed E-state index contributed by atoms with van der Waals surface area (Å²) in [4.78, 5) is 2.32. The summed E-state index contributed by atoms with van der Waals surface area (Å²) in [6.07, 6.45) is 4.96. The van der Waals surface area contributed by atoms with Crippen molar-refractivity contribution in [1.29, 1.82) is 0 Å². The molecule has 1 aliphatic carbocycles. The molecule has 100 valence electrons. The van der Waals surface area contributed by atoms with Crippen LogP contribution in [0.2, 0.25) is 0 Å². The first-order valence-electron chi connectivity index (χ1n) is 6.80. The van der Waals surface area contributed by atoms with E-state index in [1.54, 1.807) is 7.11 Å². The van der Waals surface area contributed by atoms with Gasteiger partial charge in [-0.2, -0.15) is 0 Å². The van der Waals surface area contributed by atoms with E-state index in [0.29, 0.717) is 6.04 Å². The molecule has 1 aromatic carbocycles. The van der Waals surface area contributed by atoms with Gasteiger partial charge in [0.1, 0.15) is 5.75 Å². The zero-order chi connectivity index (χ0) is 13.0. The van der Waals surface area contributed by atoms with Gasteiger partial charge in [-0.05, 0) is 49.4 Å². The van der Waals surface area contributed by atoms with Gasteiger partial charge >= 0.3 is 0 Å². The minimum absolute atomic E-state index is 0.410. The summed E-state index contributed by atoms with van der Waals surface area (Å²) in [5.41, 5.74) is 7.29. The van der Waals surface area contributed by atoms with Crippen molar-refractivity contribution >= 4 is 5.69 Å². The summed E-state index contributed by atoms with van der Waals surface area (Å²) < 4.78 is 5.18. The maximum atomic E-state index is 6.04. The van der Waals surface area contributed by atoms with Gasteiger partial charge in [-0.25, -0.2) is 0 Å². The van der Waals surface area contributed by atoms with Crippen LogP contribution in [0.15, 0.2) is 24.3 Å². The molecule has 0 radical (unpaired) electrons. The highest BCUT2D eigenvalue weighted by Gasteiger charge is 2.20. The fraction of sp³-hybridized carbons (Fsp3) is 0.600. The summed E-state index contributed by atoms with van der Waals surface area (Å²) in [6.45, 7) is 1.10. The third kappa shape index (κ3) is 3.39. The number of hydrogen-bond donors (Lipinski definition) is 1. The molecule has 0 aliphatic heterocycles. The number of hydrogen-bond acceptors (Lipinski definition) is 3. The lowest BCUT2D eigenvalue weighted by atomic mass is 9.86. The van der Waals surface area contributed by atoms with Crippen LogP contribution in [0.5, 0.6) is 5.75 Å². The third-order valence-electron chi connectivity index (χ3n) is 3.87. The Morgan fingerprint density at radius 2 is 2.00 bits per heavy atom. The highest BCUT2D eigenvalue weighted by molar-refractivity contribution is 5.48. The van der Waals surface area contributed by atoms with Crippen LogP contribution in [-0.4, -0.2) is 26.7 Å². The lowest BCUT2D eigenvalue weighted by Crippen LogP contribution is -2.34. The molecule has 1 aliphatic rings. The Hall–Kier alpha value is -1.22. The first kappa shape index (κ1) is 13.2. The van der Waals surface area contributed by atoms with Gasteiger partial charge in [0, 0.05) is 25.3 Å². The molecule has 3 heteroatoms.